The van der Waals surface area contributed by atoms with Gasteiger partial charge in [0.15, 0.2) is 0 Å². The van der Waals surface area contributed by atoms with Gasteiger partial charge in [-0.1, -0.05) is 60.7 Å². The molecule has 0 spiro atoms. The van der Waals surface area contributed by atoms with Crippen molar-refractivity contribution in [2.24, 2.45) is 5.92 Å². The largest absolute Gasteiger partial charge is 0.443 e. The highest BCUT2D eigenvalue weighted by atomic mass is 16.6. The number of amides is 2. The van der Waals surface area contributed by atoms with E-state index >= 15 is 0 Å². The zero-order chi connectivity index (χ0) is 24.3. The number of para-hydroxylation sites is 1. The molecule has 2 amide bonds. The summed E-state index contributed by atoms with van der Waals surface area (Å²) in [4.78, 5) is 27.5. The monoisotopic (exact) mass is 458 g/mol. The average molecular weight is 459 g/mol. The summed E-state index contributed by atoms with van der Waals surface area (Å²) in [5.74, 6) is 0.226. The minimum absolute atomic E-state index is 0.0307. The summed E-state index contributed by atoms with van der Waals surface area (Å²) in [6.07, 6.45) is 1.65. The molecular weight excluding hydrogens is 424 g/mol. The second kappa shape index (κ2) is 9.88. The van der Waals surface area contributed by atoms with Gasteiger partial charge < -0.3 is 10.1 Å². The number of benzene rings is 3. The summed E-state index contributed by atoms with van der Waals surface area (Å²) in [7, 11) is 0. The van der Waals surface area contributed by atoms with Gasteiger partial charge in [-0.25, -0.2) is 4.79 Å². The molecule has 0 saturated carbocycles. The van der Waals surface area contributed by atoms with Crippen LogP contribution in [-0.4, -0.2) is 24.1 Å². The fourth-order valence-electron chi connectivity index (χ4n) is 4.72. The highest BCUT2D eigenvalue weighted by molar-refractivity contribution is 5.90. The van der Waals surface area contributed by atoms with E-state index < -0.39 is 5.60 Å². The lowest BCUT2D eigenvalue weighted by molar-refractivity contribution is -0.122. The first kappa shape index (κ1) is 23.8. The lowest BCUT2D eigenvalue weighted by Gasteiger charge is -2.35. The summed E-state index contributed by atoms with van der Waals surface area (Å²) >= 11 is 0. The van der Waals surface area contributed by atoms with Crippen LogP contribution < -0.4 is 10.2 Å². The number of hydrogen-bond donors (Lipinski definition) is 1. The Balaban J connectivity index is 1.40. The van der Waals surface area contributed by atoms with Crippen LogP contribution in [-0.2, 0) is 16.0 Å². The Morgan fingerprint density at radius 2 is 1.74 bits per heavy atom. The number of ether oxygens (including phenoxy) is 1. The van der Waals surface area contributed by atoms with Crippen LogP contribution in [0.5, 0.6) is 0 Å². The number of carbonyl (C=O) groups is 2. The van der Waals surface area contributed by atoms with E-state index in [0.717, 1.165) is 28.6 Å². The van der Waals surface area contributed by atoms with Crippen LogP contribution in [0.15, 0.2) is 66.7 Å². The molecule has 0 bridgehead atoms. The first-order valence-corrected chi connectivity index (χ1v) is 12.1. The normalized spacial score (nSPS) is 16.6. The van der Waals surface area contributed by atoms with E-state index in [2.05, 4.69) is 35.6 Å². The quantitative estimate of drug-likeness (QED) is 0.480. The summed E-state index contributed by atoms with van der Waals surface area (Å²) in [6.45, 7) is 8.21. The van der Waals surface area contributed by atoms with Crippen LogP contribution in [0.3, 0.4) is 0 Å². The molecule has 1 aliphatic rings. The second-order valence-electron chi connectivity index (χ2n) is 10.2. The molecule has 1 heterocycles. The van der Waals surface area contributed by atoms with Crippen LogP contribution in [0.4, 0.5) is 10.5 Å². The molecule has 0 saturated heterocycles. The van der Waals surface area contributed by atoms with E-state index in [1.807, 2.05) is 64.1 Å². The second-order valence-corrected chi connectivity index (χ2v) is 10.2. The third kappa shape index (κ3) is 5.58. The molecule has 0 aliphatic carbocycles. The van der Waals surface area contributed by atoms with Gasteiger partial charge in [-0.2, -0.15) is 0 Å². The van der Waals surface area contributed by atoms with Crippen molar-refractivity contribution in [2.75, 3.05) is 11.4 Å². The summed E-state index contributed by atoms with van der Waals surface area (Å²) in [5, 5.41) is 5.50. The third-order valence-corrected chi connectivity index (χ3v) is 6.29. The summed E-state index contributed by atoms with van der Waals surface area (Å²) < 4.78 is 5.65. The maximum Gasteiger partial charge on any atom is 0.414 e. The molecule has 3 aromatic carbocycles. The van der Waals surface area contributed by atoms with Crippen molar-refractivity contribution in [3.63, 3.8) is 0 Å². The van der Waals surface area contributed by atoms with E-state index in [-0.39, 0.29) is 24.0 Å². The number of nitrogens with zero attached hydrogens (tertiary/aromatic N) is 1. The highest BCUT2D eigenvalue weighted by Gasteiger charge is 2.31. The van der Waals surface area contributed by atoms with Crippen molar-refractivity contribution < 1.29 is 14.3 Å². The molecule has 0 aromatic heterocycles. The highest BCUT2D eigenvalue weighted by Crippen LogP contribution is 2.33. The number of fused-ring (bicyclic) bond motifs is 2. The number of hydrogen-bond acceptors (Lipinski definition) is 3. The zero-order valence-electron chi connectivity index (χ0n) is 20.5. The Morgan fingerprint density at radius 1 is 1.03 bits per heavy atom. The predicted octanol–water partition coefficient (Wildman–Crippen LogP) is 6.41. The summed E-state index contributed by atoms with van der Waals surface area (Å²) in [5.41, 5.74) is 2.58. The van der Waals surface area contributed by atoms with Crippen molar-refractivity contribution in [2.45, 2.75) is 58.6 Å². The Hall–Kier alpha value is -3.34. The molecule has 3 aromatic rings. The van der Waals surface area contributed by atoms with Crippen LogP contribution in [0.25, 0.3) is 10.8 Å². The fraction of sp³-hybridized carbons (Fsp3) is 0.379. The molecule has 2 unspecified atom stereocenters. The Morgan fingerprint density at radius 3 is 2.53 bits per heavy atom. The van der Waals surface area contributed by atoms with E-state index in [0.29, 0.717) is 19.4 Å². The molecule has 2 atom stereocenters. The third-order valence-electron chi connectivity index (χ3n) is 6.29. The van der Waals surface area contributed by atoms with E-state index in [9.17, 15) is 9.59 Å². The lowest BCUT2D eigenvalue weighted by Crippen LogP contribution is -2.43. The van der Waals surface area contributed by atoms with E-state index in [1.165, 1.54) is 5.39 Å². The molecule has 5 nitrogen and oxygen atoms in total. The van der Waals surface area contributed by atoms with Gasteiger partial charge in [0.1, 0.15) is 5.60 Å². The minimum atomic E-state index is -0.559. The number of nitrogens with one attached hydrogen (secondary N) is 1. The predicted molar refractivity (Wildman–Crippen MR) is 137 cm³/mol. The minimum Gasteiger partial charge on any atom is -0.443 e. The molecule has 4 rings (SSSR count). The Kier molecular flexibility index (Phi) is 6.92. The van der Waals surface area contributed by atoms with Gasteiger partial charge in [0.2, 0.25) is 5.91 Å². The molecule has 5 heteroatoms. The fourth-order valence-corrected chi connectivity index (χ4v) is 4.72. The molecule has 178 valence electrons. The van der Waals surface area contributed by atoms with Crippen molar-refractivity contribution in [1.82, 2.24) is 5.32 Å². The SMILES string of the molecule is CC(NC(=O)CCC1Cc2ccccc2N(C(=O)OC(C)(C)C)C1)c1cccc2ccccc12. The number of carbonyl (C=O) groups excluding carboxylic acids is 2. The van der Waals surface area contributed by atoms with Gasteiger partial charge in [0.05, 0.1) is 11.7 Å². The zero-order valence-corrected chi connectivity index (χ0v) is 20.5. The average Bonchev–Trinajstić information content (AvgIpc) is 2.80. The van der Waals surface area contributed by atoms with Crippen molar-refractivity contribution >= 4 is 28.5 Å². The van der Waals surface area contributed by atoms with Gasteiger partial charge in [-0.05, 0) is 74.4 Å². The van der Waals surface area contributed by atoms with Crippen molar-refractivity contribution in [1.29, 1.82) is 0 Å². The molecule has 0 fully saturated rings. The van der Waals surface area contributed by atoms with E-state index in [1.54, 1.807) is 4.90 Å². The Labute approximate surface area is 202 Å². The van der Waals surface area contributed by atoms with Crippen molar-refractivity contribution in [3.05, 3.63) is 77.9 Å². The lowest BCUT2D eigenvalue weighted by atomic mass is 9.89. The van der Waals surface area contributed by atoms with E-state index in [4.69, 9.17) is 4.74 Å². The smallest absolute Gasteiger partial charge is 0.414 e. The van der Waals surface area contributed by atoms with Crippen molar-refractivity contribution in [3.8, 4) is 0 Å². The van der Waals surface area contributed by atoms with Gasteiger partial charge in [-0.3, -0.25) is 9.69 Å². The first-order chi connectivity index (χ1) is 16.2. The maximum atomic E-state index is 12.9. The van der Waals surface area contributed by atoms with Gasteiger partial charge in [0, 0.05) is 13.0 Å². The number of rotatable bonds is 5. The van der Waals surface area contributed by atoms with Crippen LogP contribution in [0.1, 0.15) is 57.7 Å². The molecule has 0 radical (unpaired) electrons. The topological polar surface area (TPSA) is 58.6 Å². The van der Waals surface area contributed by atoms with Crippen LogP contribution in [0.2, 0.25) is 0 Å². The summed E-state index contributed by atoms with van der Waals surface area (Å²) in [6, 6.07) is 22.3. The van der Waals surface area contributed by atoms with Crippen LogP contribution >= 0.6 is 0 Å². The molecular formula is C29H34N2O3. The Bertz CT molecular complexity index is 1180. The molecule has 34 heavy (non-hydrogen) atoms. The van der Waals surface area contributed by atoms with Gasteiger partial charge in [-0.15, -0.1) is 0 Å². The van der Waals surface area contributed by atoms with Crippen LogP contribution in [0, 0.1) is 5.92 Å². The molecule has 1 N–H and O–H groups in total. The molecule has 1 aliphatic heterocycles. The first-order valence-electron chi connectivity index (χ1n) is 12.1. The number of anilines is 1. The van der Waals surface area contributed by atoms with Gasteiger partial charge in [0.25, 0.3) is 0 Å². The maximum absolute atomic E-state index is 12.9. The van der Waals surface area contributed by atoms with Gasteiger partial charge >= 0.3 is 6.09 Å². The standard InChI is InChI=1S/C29H34N2O3/c1-20(24-14-9-12-22-10-5-7-13-25(22)24)30-27(32)17-16-21-18-23-11-6-8-15-26(23)31(19-21)28(33)34-29(2,3)4/h5-15,20-21H,16-19H2,1-4H3,(H,30,32).